The van der Waals surface area contributed by atoms with Crippen LogP contribution in [0.3, 0.4) is 0 Å². The second-order valence-electron chi connectivity index (χ2n) is 15.5. The normalized spacial score (nSPS) is 13.2. The molecular formula is C57H49BN4O. The van der Waals surface area contributed by atoms with Crippen molar-refractivity contribution in [2.24, 2.45) is 0 Å². The first kappa shape index (κ1) is 40.7. The first-order valence-corrected chi connectivity index (χ1v) is 21.7. The zero-order valence-corrected chi connectivity index (χ0v) is 36.5. The summed E-state index contributed by atoms with van der Waals surface area (Å²) in [6, 6.07) is 51.0. The molecule has 0 spiro atoms. The Morgan fingerprint density at radius 3 is 2.19 bits per heavy atom. The summed E-state index contributed by atoms with van der Waals surface area (Å²) < 4.78 is 6.11. The standard InChI is InChI=1S/C54H45BN4O.C3H4/c1-5-9-17-40(8-4)58-48-21-14-13-20-46(48)55-47-30-29-43(57(39(7-3)16-6-2)41-18-11-10-12-19-41)35-51(47)59(50-23-15-22-49(58)54(50)55)42-27-24-37(25-28-42)38-26-31-52-45(34-38)44-32-33-56-36-53(44)60-52;1-3-2/h6-36H,5H2,1-4H3;1H,2H3/b16-6-,17-9-,39-7+,40-8+;. The van der Waals surface area contributed by atoms with E-state index in [4.69, 9.17) is 4.42 Å². The molecule has 4 heterocycles. The number of benzene rings is 6. The average molecular weight is 817 g/mol. The lowest BCUT2D eigenvalue weighted by atomic mass is 9.33. The fourth-order valence-corrected chi connectivity index (χ4v) is 9.21. The molecule has 0 fully saturated rings. The zero-order chi connectivity index (χ0) is 43.5. The number of nitrogens with zero attached hydrogens (tertiary/aromatic N) is 4. The van der Waals surface area contributed by atoms with Gasteiger partial charge in [0.1, 0.15) is 5.58 Å². The number of aromatic nitrogens is 1. The highest BCUT2D eigenvalue weighted by Crippen LogP contribution is 2.45. The molecule has 6 heteroatoms. The molecule has 2 aliphatic heterocycles. The third kappa shape index (κ3) is 7.22. The van der Waals surface area contributed by atoms with Crippen LogP contribution in [0.1, 0.15) is 41.0 Å². The van der Waals surface area contributed by atoms with E-state index in [1.807, 2.05) is 12.3 Å². The second-order valence-corrected chi connectivity index (χ2v) is 15.5. The Bertz CT molecular complexity index is 3130. The molecule has 2 aliphatic rings. The van der Waals surface area contributed by atoms with Crippen LogP contribution in [-0.4, -0.2) is 11.7 Å². The number of para-hydroxylation sites is 2. The van der Waals surface area contributed by atoms with Gasteiger partial charge in [0.15, 0.2) is 5.58 Å². The van der Waals surface area contributed by atoms with Crippen LogP contribution in [-0.2, 0) is 0 Å². The number of hydrogen-bond acceptors (Lipinski definition) is 5. The van der Waals surface area contributed by atoms with Crippen molar-refractivity contribution in [3.63, 3.8) is 0 Å². The summed E-state index contributed by atoms with van der Waals surface area (Å²) in [5.74, 6) is 2.25. The summed E-state index contributed by atoms with van der Waals surface area (Å²) in [6.45, 7) is 10.2. The fourth-order valence-electron chi connectivity index (χ4n) is 9.21. The Morgan fingerprint density at radius 1 is 0.698 bits per heavy atom. The van der Waals surface area contributed by atoms with Crippen molar-refractivity contribution >= 4 is 84.9 Å². The summed E-state index contributed by atoms with van der Waals surface area (Å²) >= 11 is 0. The SMILES string of the molecule is C#CC.C/C=C\C(=C/C)N(c1ccccc1)c1ccc2c(c1)N(c1ccc(-c3ccc4oc5cnccc5c4c3)cc1)c1cccc3c1B2c1ccccc1N3C(/C=C\CC)=C/C. The van der Waals surface area contributed by atoms with Gasteiger partial charge < -0.3 is 19.1 Å². The first-order chi connectivity index (χ1) is 31.0. The topological polar surface area (TPSA) is 35.8 Å². The molecule has 0 amide bonds. The maximum absolute atomic E-state index is 6.11. The van der Waals surface area contributed by atoms with Crippen molar-refractivity contribution in [2.45, 2.75) is 41.0 Å². The molecule has 0 unspecified atom stereocenters. The van der Waals surface area contributed by atoms with Crippen LogP contribution in [0.25, 0.3) is 33.1 Å². The zero-order valence-electron chi connectivity index (χ0n) is 36.5. The summed E-state index contributed by atoms with van der Waals surface area (Å²) in [6.07, 6.45) is 22.4. The van der Waals surface area contributed by atoms with Gasteiger partial charge in [-0.1, -0.05) is 98.0 Å². The summed E-state index contributed by atoms with van der Waals surface area (Å²) in [5.41, 5.74) is 18.1. The van der Waals surface area contributed by atoms with E-state index in [0.29, 0.717) is 0 Å². The Balaban J connectivity index is 0.00000164. The molecular weight excluding hydrogens is 767 g/mol. The number of fused-ring (bicyclic) bond motifs is 7. The van der Waals surface area contributed by atoms with Crippen LogP contribution < -0.4 is 31.1 Å². The van der Waals surface area contributed by atoms with Gasteiger partial charge in [0, 0.05) is 68.2 Å². The Morgan fingerprint density at radius 2 is 1.43 bits per heavy atom. The summed E-state index contributed by atoms with van der Waals surface area (Å²) in [5, 5.41) is 2.17. The van der Waals surface area contributed by atoms with E-state index in [0.717, 1.165) is 73.6 Å². The van der Waals surface area contributed by atoms with Crippen molar-refractivity contribution in [1.82, 2.24) is 4.98 Å². The van der Waals surface area contributed by atoms with Gasteiger partial charge >= 0.3 is 0 Å². The highest BCUT2D eigenvalue weighted by Gasteiger charge is 2.43. The van der Waals surface area contributed by atoms with E-state index in [9.17, 15) is 0 Å². The van der Waals surface area contributed by atoms with Gasteiger partial charge in [-0.3, -0.25) is 4.98 Å². The fraction of sp³-hybridized carbons (Fsp3) is 0.105. The van der Waals surface area contributed by atoms with Gasteiger partial charge in [0.05, 0.1) is 6.20 Å². The predicted molar refractivity (Wildman–Crippen MR) is 270 cm³/mol. The minimum Gasteiger partial charge on any atom is -0.454 e. The van der Waals surface area contributed by atoms with Crippen LogP contribution in [0.5, 0.6) is 0 Å². The molecule has 10 rings (SSSR count). The van der Waals surface area contributed by atoms with Gasteiger partial charge in [-0.05, 0) is 147 Å². The predicted octanol–water partition coefficient (Wildman–Crippen LogP) is 13.5. The third-order valence-corrected chi connectivity index (χ3v) is 11.9. The van der Waals surface area contributed by atoms with Crippen molar-refractivity contribution in [1.29, 1.82) is 0 Å². The first-order valence-electron chi connectivity index (χ1n) is 21.7. The van der Waals surface area contributed by atoms with E-state index < -0.39 is 0 Å². The Kier molecular flexibility index (Phi) is 11.4. The molecule has 0 aliphatic carbocycles. The smallest absolute Gasteiger partial charge is 0.252 e. The maximum atomic E-state index is 6.11. The highest BCUT2D eigenvalue weighted by atomic mass is 16.3. The van der Waals surface area contributed by atoms with Crippen LogP contribution in [0, 0.1) is 12.3 Å². The summed E-state index contributed by atoms with van der Waals surface area (Å²) in [7, 11) is 0. The van der Waals surface area contributed by atoms with Gasteiger partial charge in [0.2, 0.25) is 0 Å². The molecule has 5 nitrogen and oxygen atoms in total. The quantitative estimate of drug-likeness (QED) is 0.0824. The van der Waals surface area contributed by atoms with E-state index in [1.54, 1.807) is 13.1 Å². The second kappa shape index (κ2) is 17.7. The molecule has 0 saturated carbocycles. The van der Waals surface area contributed by atoms with Gasteiger partial charge in [0.25, 0.3) is 6.71 Å². The number of rotatable bonds is 9. The van der Waals surface area contributed by atoms with Crippen LogP contribution in [0.4, 0.5) is 39.8 Å². The lowest BCUT2D eigenvalue weighted by Crippen LogP contribution is -2.61. The molecule has 2 aromatic heterocycles. The average Bonchev–Trinajstić information content (AvgIpc) is 3.71. The highest BCUT2D eigenvalue weighted by molar-refractivity contribution is 7.00. The minimum absolute atomic E-state index is 0.0325. The summed E-state index contributed by atoms with van der Waals surface area (Å²) in [4.78, 5) is 11.6. The number of anilines is 7. The molecule has 0 atom stereocenters. The van der Waals surface area contributed by atoms with Crippen molar-refractivity contribution in [3.8, 4) is 23.5 Å². The lowest BCUT2D eigenvalue weighted by Gasteiger charge is -2.44. The maximum Gasteiger partial charge on any atom is 0.252 e. The minimum atomic E-state index is 0.0325. The number of allylic oxidation sites excluding steroid dienone is 6. The van der Waals surface area contributed by atoms with Crippen molar-refractivity contribution in [2.75, 3.05) is 14.7 Å². The number of furan rings is 1. The van der Waals surface area contributed by atoms with E-state index in [2.05, 4.69) is 230 Å². The van der Waals surface area contributed by atoms with Gasteiger partial charge in [-0.2, -0.15) is 0 Å². The van der Waals surface area contributed by atoms with E-state index >= 15 is 0 Å². The number of hydrogen-bond donors (Lipinski definition) is 0. The van der Waals surface area contributed by atoms with Crippen LogP contribution in [0.15, 0.2) is 204 Å². The molecule has 0 saturated heterocycles. The molecule has 0 radical (unpaired) electrons. The van der Waals surface area contributed by atoms with Crippen molar-refractivity contribution < 1.29 is 4.42 Å². The van der Waals surface area contributed by atoms with Crippen molar-refractivity contribution in [3.05, 3.63) is 200 Å². The van der Waals surface area contributed by atoms with Crippen LogP contribution in [0.2, 0.25) is 0 Å². The van der Waals surface area contributed by atoms with Crippen LogP contribution >= 0.6 is 0 Å². The molecule has 6 aromatic carbocycles. The Labute approximate surface area is 371 Å². The van der Waals surface area contributed by atoms with E-state index in [1.165, 1.54) is 33.5 Å². The molecule has 0 bridgehead atoms. The monoisotopic (exact) mass is 816 g/mol. The molecule has 8 aromatic rings. The van der Waals surface area contributed by atoms with Gasteiger partial charge in [-0.25, -0.2) is 0 Å². The molecule has 306 valence electrons. The van der Waals surface area contributed by atoms with Gasteiger partial charge in [-0.15, -0.1) is 12.3 Å². The lowest BCUT2D eigenvalue weighted by molar-refractivity contribution is 0.667. The number of pyridine rings is 1. The molecule has 0 N–H and O–H groups in total. The molecule has 63 heavy (non-hydrogen) atoms. The van der Waals surface area contributed by atoms with E-state index in [-0.39, 0.29) is 6.71 Å². The number of terminal acetylenes is 1. The largest absolute Gasteiger partial charge is 0.454 e. The Hall–Kier alpha value is -7.75. The third-order valence-electron chi connectivity index (χ3n) is 11.9.